The van der Waals surface area contributed by atoms with Crippen LogP contribution >= 0.6 is 0 Å². The van der Waals surface area contributed by atoms with Crippen LogP contribution in [-0.4, -0.2) is 390 Å². The number of rotatable bonds is 49. The molecule has 6 saturated heterocycles. The molecule has 6 aliphatic heterocycles. The predicted molar refractivity (Wildman–Crippen MR) is 368 cm³/mol. The van der Waals surface area contributed by atoms with E-state index in [-0.39, 0.29) is 31.7 Å². The second kappa shape index (κ2) is 47.6. The molecule has 107 heavy (non-hydrogen) atoms. The average Bonchev–Trinajstić information content (AvgIpc) is 1.76. The molecule has 0 amide bonds. The van der Waals surface area contributed by atoms with E-state index in [1.807, 2.05) is 0 Å². The van der Waals surface area contributed by atoms with Gasteiger partial charge in [0, 0.05) is 25.6 Å². The predicted octanol–water partition coefficient (Wildman–Crippen LogP) is -5.11. The van der Waals surface area contributed by atoms with Crippen LogP contribution in [0.2, 0.25) is 0 Å². The Morgan fingerprint density at radius 1 is 0.336 bits per heavy atom. The minimum atomic E-state index is -2.53. The van der Waals surface area contributed by atoms with Gasteiger partial charge < -0.3 is 178 Å². The van der Waals surface area contributed by atoms with E-state index >= 15 is 0 Å². The highest BCUT2D eigenvalue weighted by atomic mass is 16.8. The van der Waals surface area contributed by atoms with Crippen molar-refractivity contribution < 1.29 is 178 Å². The fourth-order valence-electron chi connectivity index (χ4n) is 14.2. The van der Waals surface area contributed by atoms with E-state index in [0.29, 0.717) is 13.2 Å². The fraction of sp³-hybridized carbons (Fsp3) is 1.00. The normalized spacial score (nSPS) is 39.5. The molecule has 0 aromatic rings. The monoisotopic (exact) mass is 1560 g/mol. The highest BCUT2D eigenvalue weighted by Crippen LogP contribution is 2.39. The van der Waals surface area contributed by atoms with Gasteiger partial charge in [0.05, 0.1) is 104 Å². The van der Waals surface area contributed by atoms with E-state index in [1.54, 1.807) is 0 Å². The standard InChI is InChI=1S/C71H132O36/c1-6-10-14-18-38(19-15-11-7-2)29-93-31-40(32-94-30-39(20-16-12-8-3)21-17-13-9-4)33-95-34-71(35-96-64-59(89)54(84)61(45(27-76)103-64)106-67-57(87)52(82)49(79)43(25-74)101-67,36-97-65-60(90)55(85)62(46(28-77)104-65)107-68-58(88)53(83)50(80)44(26-75)102-68)37-98-69-63(91)70(5,92)47(22-41(23-72)99-69)105-66-56(86)51(81)48(78)42(24-73)100-66/h38-69,72-92H,6-37H2,1-5H3/t41?,42?,43?,44?,45?,46?,47-,48-,49-,50-,51?,52+,53+,54-,55-,56+,57?,58?,59?,60?,61-,62+,63?,64-,65-,66-,67-,68-,69-,70+,71?/m1/s1. The maximum Gasteiger partial charge on any atom is 0.187 e. The molecule has 0 aromatic heterocycles. The van der Waals surface area contributed by atoms with E-state index in [1.165, 1.54) is 0 Å². The maximum atomic E-state index is 12.4. The van der Waals surface area contributed by atoms with Gasteiger partial charge in [0.1, 0.15) is 134 Å². The van der Waals surface area contributed by atoms with Crippen molar-refractivity contribution >= 4 is 0 Å². The summed E-state index contributed by atoms with van der Waals surface area (Å²) in [6.45, 7) is 2.12. The molecule has 31 atom stereocenters. The summed E-state index contributed by atoms with van der Waals surface area (Å²) < 4.78 is 91.8. The van der Waals surface area contributed by atoms with Crippen LogP contribution in [0.1, 0.15) is 144 Å². The molecule has 6 aliphatic rings. The van der Waals surface area contributed by atoms with Gasteiger partial charge in [-0.05, 0) is 44.4 Å². The van der Waals surface area contributed by atoms with Crippen LogP contribution < -0.4 is 0 Å². The quantitative estimate of drug-likeness (QED) is 0.0253. The Kier molecular flexibility index (Phi) is 42.0. The lowest BCUT2D eigenvalue weighted by Gasteiger charge is -2.47. The summed E-state index contributed by atoms with van der Waals surface area (Å²) in [6, 6.07) is 0. The van der Waals surface area contributed by atoms with Gasteiger partial charge >= 0.3 is 0 Å². The van der Waals surface area contributed by atoms with Gasteiger partial charge in [-0.3, -0.25) is 0 Å². The van der Waals surface area contributed by atoms with Crippen molar-refractivity contribution in [3.05, 3.63) is 0 Å². The molecule has 0 saturated carbocycles. The zero-order chi connectivity index (χ0) is 78.7. The Morgan fingerprint density at radius 3 is 1.00 bits per heavy atom. The SMILES string of the molecule is CCCCCC(CCCCC)COCC(COCC(CCCCC)CCCCC)COCC(CO[C@@H]1OC(CO)[C@@H](O[C@H]2OC(CO)[C@@H](O)[C@H](O)C2O)[C@H](O)C1O)(CO[C@@H]1OC(CO)[C@H](O[C@H]2OC(CO)[C@@H](O)[C@H](O)C2O)[C@H](O)C1O)CO[C@@H]1OC(CO)C[C@@H](O[C@H]2OC(CO)[C@@H](O)C(O)[C@@H]2O)[C@](C)(O)C1O. The molecule has 0 aliphatic carbocycles. The Morgan fingerprint density at radius 2 is 0.654 bits per heavy atom. The molecule has 0 bridgehead atoms. The molecule has 36 nitrogen and oxygen atoms in total. The molecule has 0 aromatic carbocycles. The lowest BCUT2D eigenvalue weighted by molar-refractivity contribution is -0.367. The molecule has 0 spiro atoms. The van der Waals surface area contributed by atoms with Crippen molar-refractivity contribution in [1.82, 2.24) is 0 Å². The topological polar surface area (TPSA) is 563 Å². The van der Waals surface area contributed by atoms with Crippen molar-refractivity contribution in [3.63, 3.8) is 0 Å². The Bertz CT molecular complexity index is 2210. The third kappa shape index (κ3) is 26.5. The zero-order valence-electron chi connectivity index (χ0n) is 62.6. The summed E-state index contributed by atoms with van der Waals surface area (Å²) in [5.41, 5.74) is -4.54. The van der Waals surface area contributed by atoms with Crippen LogP contribution in [0, 0.1) is 23.2 Å². The Balaban J connectivity index is 1.41. The average molecular weight is 1560 g/mol. The van der Waals surface area contributed by atoms with Crippen LogP contribution in [0.3, 0.4) is 0 Å². The van der Waals surface area contributed by atoms with Crippen LogP contribution in [0.5, 0.6) is 0 Å². The summed E-state index contributed by atoms with van der Waals surface area (Å²) >= 11 is 0. The molecule has 36 heteroatoms. The van der Waals surface area contributed by atoms with E-state index in [0.717, 1.165) is 110 Å². The zero-order valence-corrected chi connectivity index (χ0v) is 62.6. The molecule has 6 rings (SSSR count). The lowest BCUT2D eigenvalue weighted by Crippen LogP contribution is -2.65. The van der Waals surface area contributed by atoms with E-state index < -0.39 is 268 Å². The van der Waals surface area contributed by atoms with E-state index in [9.17, 15) is 107 Å². The molecule has 6 heterocycles. The van der Waals surface area contributed by atoms with Gasteiger partial charge in [0.25, 0.3) is 0 Å². The summed E-state index contributed by atoms with van der Waals surface area (Å²) in [7, 11) is 0. The third-order valence-electron chi connectivity index (χ3n) is 21.3. The number of aliphatic hydroxyl groups is 21. The van der Waals surface area contributed by atoms with Gasteiger partial charge in [-0.25, -0.2) is 0 Å². The Hall–Kier alpha value is -1.44. The van der Waals surface area contributed by atoms with Crippen LogP contribution in [0.4, 0.5) is 0 Å². The minimum Gasteiger partial charge on any atom is -0.394 e. The molecule has 13 unspecified atom stereocenters. The van der Waals surface area contributed by atoms with Crippen molar-refractivity contribution in [2.45, 2.75) is 328 Å². The number of ether oxygens (including phenoxy) is 15. The van der Waals surface area contributed by atoms with E-state index in [2.05, 4.69) is 27.7 Å². The first-order valence-corrected chi connectivity index (χ1v) is 38.5. The molecular weight excluding hydrogens is 1430 g/mol. The third-order valence-corrected chi connectivity index (χ3v) is 21.3. The van der Waals surface area contributed by atoms with E-state index in [4.69, 9.17) is 71.1 Å². The summed E-state index contributed by atoms with van der Waals surface area (Å²) in [5.74, 6) is 0.00658. The first kappa shape index (κ1) is 94.4. The summed E-state index contributed by atoms with van der Waals surface area (Å²) in [5, 5.41) is 231. The smallest absolute Gasteiger partial charge is 0.187 e. The highest BCUT2D eigenvalue weighted by Gasteiger charge is 2.57. The first-order chi connectivity index (χ1) is 51.2. The highest BCUT2D eigenvalue weighted by molar-refractivity contribution is 5.01. The van der Waals surface area contributed by atoms with Gasteiger partial charge in [0.15, 0.2) is 37.7 Å². The van der Waals surface area contributed by atoms with Crippen LogP contribution in [-0.2, 0) is 71.1 Å². The van der Waals surface area contributed by atoms with Gasteiger partial charge in [-0.2, -0.15) is 0 Å². The second-order valence-corrected chi connectivity index (χ2v) is 30.2. The Labute approximate surface area is 626 Å². The second-order valence-electron chi connectivity index (χ2n) is 30.2. The molecule has 0 radical (unpaired) electrons. The largest absolute Gasteiger partial charge is 0.394 e. The number of unbranched alkanes of at least 4 members (excludes halogenated alkanes) is 8. The lowest BCUT2D eigenvalue weighted by atomic mass is 9.88. The van der Waals surface area contributed by atoms with Crippen molar-refractivity contribution in [2.24, 2.45) is 23.2 Å². The number of aliphatic hydroxyl groups excluding tert-OH is 20. The van der Waals surface area contributed by atoms with Crippen molar-refractivity contribution in [2.75, 3.05) is 99.1 Å². The van der Waals surface area contributed by atoms with Gasteiger partial charge in [0.2, 0.25) is 0 Å². The van der Waals surface area contributed by atoms with Crippen LogP contribution in [0.25, 0.3) is 0 Å². The van der Waals surface area contributed by atoms with Gasteiger partial charge in [-0.15, -0.1) is 0 Å². The summed E-state index contributed by atoms with van der Waals surface area (Å²) in [6.07, 6.45) is -38.4. The number of hydrogen-bond donors (Lipinski definition) is 21. The van der Waals surface area contributed by atoms with Crippen molar-refractivity contribution in [3.8, 4) is 0 Å². The first-order valence-electron chi connectivity index (χ1n) is 38.5. The van der Waals surface area contributed by atoms with Crippen molar-refractivity contribution in [1.29, 1.82) is 0 Å². The fourth-order valence-corrected chi connectivity index (χ4v) is 14.2. The summed E-state index contributed by atoms with van der Waals surface area (Å²) in [4.78, 5) is 0. The number of hydrogen-bond acceptors (Lipinski definition) is 36. The molecular formula is C71H132O36. The molecule has 6 fully saturated rings. The molecule has 21 N–H and O–H groups in total. The minimum absolute atomic E-state index is 0.140. The van der Waals surface area contributed by atoms with Crippen LogP contribution in [0.15, 0.2) is 0 Å². The molecule has 632 valence electrons. The maximum absolute atomic E-state index is 12.4. The van der Waals surface area contributed by atoms with Gasteiger partial charge in [-0.1, -0.05) is 105 Å².